The Kier molecular flexibility index (Phi) is 5.69. The maximum absolute atomic E-state index is 11.2. The number of aromatic nitrogens is 2. The van der Waals surface area contributed by atoms with E-state index < -0.39 is 0 Å². The third-order valence-electron chi connectivity index (χ3n) is 2.73. The number of methoxy groups -OCH3 is 1. The van der Waals surface area contributed by atoms with E-state index in [2.05, 4.69) is 21.7 Å². The van der Waals surface area contributed by atoms with Gasteiger partial charge in [-0.1, -0.05) is 6.92 Å². The lowest BCUT2D eigenvalue weighted by molar-refractivity contribution is -0.141. The van der Waals surface area contributed by atoms with Crippen LogP contribution in [0.1, 0.15) is 19.0 Å². The smallest absolute Gasteiger partial charge is 0.319 e. The van der Waals surface area contributed by atoms with Crippen LogP contribution in [0, 0.1) is 0 Å². The van der Waals surface area contributed by atoms with Crippen molar-refractivity contribution in [2.45, 2.75) is 19.8 Å². The Bertz CT molecular complexity index is 349. The summed E-state index contributed by atoms with van der Waals surface area (Å²) in [5.74, 6) is -0.177. The Hall–Kier alpha value is -1.36. The molecular weight excluding hydrogens is 218 g/mol. The fraction of sp³-hybridized carbons (Fsp3) is 0.667. The first-order chi connectivity index (χ1) is 8.17. The highest BCUT2D eigenvalue weighted by Gasteiger charge is 2.10. The van der Waals surface area contributed by atoms with Gasteiger partial charge in [-0.25, -0.2) is 0 Å². The second-order valence-corrected chi connectivity index (χ2v) is 4.05. The molecule has 5 nitrogen and oxygen atoms in total. The molecule has 1 aromatic rings. The van der Waals surface area contributed by atoms with E-state index in [4.69, 9.17) is 0 Å². The number of rotatable bonds is 7. The van der Waals surface area contributed by atoms with Gasteiger partial charge in [0.2, 0.25) is 0 Å². The third-order valence-corrected chi connectivity index (χ3v) is 2.73. The van der Waals surface area contributed by atoms with Crippen molar-refractivity contribution in [2.24, 2.45) is 7.05 Å². The van der Waals surface area contributed by atoms with Crippen LogP contribution in [0.2, 0.25) is 0 Å². The van der Waals surface area contributed by atoms with Crippen molar-refractivity contribution in [3.05, 3.63) is 18.0 Å². The molecule has 0 atom stereocenters. The molecular formula is C12H21N3O2. The molecule has 0 radical (unpaired) electrons. The van der Waals surface area contributed by atoms with Gasteiger partial charge in [-0.2, -0.15) is 5.10 Å². The number of carbonyl (C=O) groups excluding carboxylic acids is 1. The third kappa shape index (κ3) is 4.56. The average Bonchev–Trinajstić information content (AvgIpc) is 2.72. The summed E-state index contributed by atoms with van der Waals surface area (Å²) >= 11 is 0. The van der Waals surface area contributed by atoms with Crippen LogP contribution in [0.4, 0.5) is 0 Å². The van der Waals surface area contributed by atoms with Crippen LogP contribution in [-0.2, 0) is 23.0 Å². The van der Waals surface area contributed by atoms with Gasteiger partial charge < -0.3 is 4.74 Å². The monoisotopic (exact) mass is 239 g/mol. The lowest BCUT2D eigenvalue weighted by atomic mass is 10.2. The first-order valence-corrected chi connectivity index (χ1v) is 5.93. The van der Waals surface area contributed by atoms with Gasteiger partial charge in [0.1, 0.15) is 0 Å². The normalized spacial score (nSPS) is 10.8. The van der Waals surface area contributed by atoms with Crippen LogP contribution >= 0.6 is 0 Å². The van der Waals surface area contributed by atoms with E-state index in [0.29, 0.717) is 6.54 Å². The van der Waals surface area contributed by atoms with Crippen molar-refractivity contribution >= 4 is 5.97 Å². The minimum absolute atomic E-state index is 0.177. The van der Waals surface area contributed by atoms with Crippen LogP contribution < -0.4 is 0 Å². The summed E-state index contributed by atoms with van der Waals surface area (Å²) in [6.45, 7) is 4.23. The summed E-state index contributed by atoms with van der Waals surface area (Å²) < 4.78 is 6.55. The van der Waals surface area contributed by atoms with Crippen LogP contribution in [-0.4, -0.2) is 47.4 Å². The predicted octanol–water partition coefficient (Wildman–Crippen LogP) is 0.848. The molecule has 0 N–H and O–H groups in total. The topological polar surface area (TPSA) is 47.4 Å². The van der Waals surface area contributed by atoms with Crippen molar-refractivity contribution in [1.29, 1.82) is 0 Å². The van der Waals surface area contributed by atoms with Crippen LogP contribution in [0.5, 0.6) is 0 Å². The number of esters is 1. The van der Waals surface area contributed by atoms with Crippen LogP contribution in [0.3, 0.4) is 0 Å². The van der Waals surface area contributed by atoms with Gasteiger partial charge in [-0.3, -0.25) is 14.4 Å². The Morgan fingerprint density at radius 3 is 2.82 bits per heavy atom. The van der Waals surface area contributed by atoms with Crippen molar-refractivity contribution in [3.8, 4) is 0 Å². The highest BCUT2D eigenvalue weighted by Crippen LogP contribution is 2.01. The number of nitrogens with zero attached hydrogens (tertiary/aromatic N) is 3. The highest BCUT2D eigenvalue weighted by atomic mass is 16.5. The van der Waals surface area contributed by atoms with Crippen molar-refractivity contribution in [1.82, 2.24) is 14.7 Å². The fourth-order valence-electron chi connectivity index (χ4n) is 1.75. The Balaban J connectivity index is 2.44. The molecule has 5 heteroatoms. The lowest BCUT2D eigenvalue weighted by Crippen LogP contribution is -2.33. The predicted molar refractivity (Wildman–Crippen MR) is 65.7 cm³/mol. The van der Waals surface area contributed by atoms with Crippen molar-refractivity contribution in [3.63, 3.8) is 0 Å². The van der Waals surface area contributed by atoms with Gasteiger partial charge >= 0.3 is 5.97 Å². The quantitative estimate of drug-likeness (QED) is 0.662. The van der Waals surface area contributed by atoms with E-state index in [-0.39, 0.29) is 5.97 Å². The first-order valence-electron chi connectivity index (χ1n) is 5.93. The highest BCUT2D eigenvalue weighted by molar-refractivity contribution is 5.71. The molecule has 0 fully saturated rings. The Morgan fingerprint density at radius 1 is 1.53 bits per heavy atom. The summed E-state index contributed by atoms with van der Waals surface area (Å²) in [7, 11) is 3.35. The number of hydrogen-bond acceptors (Lipinski definition) is 4. The number of hydrogen-bond donors (Lipinski definition) is 0. The molecule has 0 aliphatic heterocycles. The fourth-order valence-corrected chi connectivity index (χ4v) is 1.75. The zero-order chi connectivity index (χ0) is 12.7. The molecule has 1 rings (SSSR count). The minimum Gasteiger partial charge on any atom is -0.468 e. The number of carbonyl (C=O) groups is 1. The summed E-state index contributed by atoms with van der Waals surface area (Å²) in [5.41, 5.74) is 1.18. The average molecular weight is 239 g/mol. The zero-order valence-corrected chi connectivity index (χ0v) is 10.8. The summed E-state index contributed by atoms with van der Waals surface area (Å²) in [4.78, 5) is 13.4. The van der Waals surface area contributed by atoms with E-state index in [1.54, 1.807) is 6.20 Å². The molecule has 0 amide bonds. The molecule has 0 bridgehead atoms. The molecule has 0 aromatic carbocycles. The SMILES string of the molecule is CCCN(CCc1ccnn1C)CC(=O)OC. The van der Waals surface area contributed by atoms with Gasteiger partial charge in [0.05, 0.1) is 13.7 Å². The maximum atomic E-state index is 11.2. The summed E-state index contributed by atoms with van der Waals surface area (Å²) in [6.07, 6.45) is 3.72. The largest absolute Gasteiger partial charge is 0.468 e. The summed E-state index contributed by atoms with van der Waals surface area (Å²) in [6, 6.07) is 2.00. The molecule has 0 saturated heterocycles. The Morgan fingerprint density at radius 2 is 2.29 bits per heavy atom. The number of ether oxygens (including phenoxy) is 1. The molecule has 0 unspecified atom stereocenters. The molecule has 0 saturated carbocycles. The van der Waals surface area contributed by atoms with Gasteiger partial charge in [-0.05, 0) is 19.0 Å². The molecule has 0 spiro atoms. The summed E-state index contributed by atoms with van der Waals surface area (Å²) in [5, 5.41) is 4.12. The zero-order valence-electron chi connectivity index (χ0n) is 10.8. The lowest BCUT2D eigenvalue weighted by Gasteiger charge is -2.20. The van der Waals surface area contributed by atoms with Crippen molar-refractivity contribution < 1.29 is 9.53 Å². The van der Waals surface area contributed by atoms with E-state index >= 15 is 0 Å². The molecule has 0 aliphatic rings. The molecule has 1 heterocycles. The van der Waals surface area contributed by atoms with Gasteiger partial charge in [0.15, 0.2) is 0 Å². The van der Waals surface area contributed by atoms with Gasteiger partial charge in [0.25, 0.3) is 0 Å². The van der Waals surface area contributed by atoms with E-state index in [9.17, 15) is 4.79 Å². The van der Waals surface area contributed by atoms with E-state index in [0.717, 1.165) is 25.9 Å². The molecule has 17 heavy (non-hydrogen) atoms. The maximum Gasteiger partial charge on any atom is 0.319 e. The second kappa shape index (κ2) is 7.06. The van der Waals surface area contributed by atoms with Crippen molar-refractivity contribution in [2.75, 3.05) is 26.7 Å². The second-order valence-electron chi connectivity index (χ2n) is 4.05. The minimum atomic E-state index is -0.177. The number of aryl methyl sites for hydroxylation is 1. The van der Waals surface area contributed by atoms with E-state index in [1.165, 1.54) is 12.8 Å². The standard InChI is InChI=1S/C12H21N3O2/c1-4-8-15(10-12(16)17-3)9-6-11-5-7-13-14(11)2/h5,7H,4,6,8-10H2,1-3H3. The molecule has 0 aliphatic carbocycles. The Labute approximate surface area is 102 Å². The molecule has 1 aromatic heterocycles. The van der Waals surface area contributed by atoms with Gasteiger partial charge in [0, 0.05) is 31.9 Å². The van der Waals surface area contributed by atoms with Gasteiger partial charge in [-0.15, -0.1) is 0 Å². The van der Waals surface area contributed by atoms with Crippen LogP contribution in [0.25, 0.3) is 0 Å². The first kappa shape index (κ1) is 13.7. The van der Waals surface area contributed by atoms with Crippen LogP contribution in [0.15, 0.2) is 12.3 Å². The molecule has 96 valence electrons. The van der Waals surface area contributed by atoms with E-state index in [1.807, 2.05) is 17.8 Å².